The summed E-state index contributed by atoms with van der Waals surface area (Å²) in [6, 6.07) is 0. The first-order chi connectivity index (χ1) is 5.29. The lowest BCUT2D eigenvalue weighted by molar-refractivity contribution is -0.125. The van der Waals surface area contributed by atoms with E-state index < -0.39 is 5.91 Å². The zero-order valence-corrected chi connectivity index (χ0v) is 6.51. The highest BCUT2D eigenvalue weighted by molar-refractivity contribution is 5.74. The molecule has 0 radical (unpaired) electrons. The standard InChI is InChI=1S/C7H14N2O2/c8-7(10)5-11-9-4-6-2-1-3-6/h6,9H,1-5H2,(H2,8,10). The molecule has 1 amide bonds. The van der Waals surface area contributed by atoms with E-state index in [1.165, 1.54) is 19.3 Å². The molecule has 0 aromatic carbocycles. The molecule has 0 atom stereocenters. The van der Waals surface area contributed by atoms with Gasteiger partial charge in [-0.3, -0.25) is 9.63 Å². The Labute approximate surface area is 66.0 Å². The van der Waals surface area contributed by atoms with Crippen molar-refractivity contribution in [2.75, 3.05) is 13.2 Å². The van der Waals surface area contributed by atoms with Gasteiger partial charge in [0.2, 0.25) is 5.91 Å². The zero-order chi connectivity index (χ0) is 8.10. The van der Waals surface area contributed by atoms with Crippen LogP contribution in [-0.2, 0) is 9.63 Å². The van der Waals surface area contributed by atoms with Crippen LogP contribution in [0.4, 0.5) is 0 Å². The minimum absolute atomic E-state index is 0.0350. The molecule has 4 nitrogen and oxygen atoms in total. The van der Waals surface area contributed by atoms with Crippen molar-refractivity contribution >= 4 is 5.91 Å². The Morgan fingerprint density at radius 2 is 2.36 bits per heavy atom. The molecule has 64 valence electrons. The second-order valence-corrected chi connectivity index (χ2v) is 2.90. The number of amides is 1. The van der Waals surface area contributed by atoms with Gasteiger partial charge >= 0.3 is 0 Å². The van der Waals surface area contributed by atoms with Crippen LogP contribution in [0.5, 0.6) is 0 Å². The molecular formula is C7H14N2O2. The van der Waals surface area contributed by atoms with Gasteiger partial charge in [0, 0.05) is 6.54 Å². The third-order valence-electron chi connectivity index (χ3n) is 1.91. The van der Waals surface area contributed by atoms with E-state index in [2.05, 4.69) is 5.48 Å². The Kier molecular flexibility index (Phi) is 3.32. The first-order valence-corrected chi connectivity index (χ1v) is 3.92. The number of hydrogen-bond acceptors (Lipinski definition) is 3. The smallest absolute Gasteiger partial charge is 0.245 e. The average molecular weight is 158 g/mol. The van der Waals surface area contributed by atoms with Gasteiger partial charge in [-0.25, -0.2) is 5.48 Å². The van der Waals surface area contributed by atoms with Crippen LogP contribution in [0.15, 0.2) is 0 Å². The molecule has 0 bridgehead atoms. The minimum Gasteiger partial charge on any atom is -0.368 e. The minimum atomic E-state index is -0.439. The number of hydrogen-bond donors (Lipinski definition) is 2. The summed E-state index contributed by atoms with van der Waals surface area (Å²) in [5.41, 5.74) is 7.57. The van der Waals surface area contributed by atoms with E-state index in [9.17, 15) is 4.79 Å². The molecule has 0 unspecified atom stereocenters. The van der Waals surface area contributed by atoms with Gasteiger partial charge in [0.15, 0.2) is 0 Å². The van der Waals surface area contributed by atoms with Crippen LogP contribution in [-0.4, -0.2) is 19.1 Å². The predicted octanol–water partition coefficient (Wildman–Crippen LogP) is -0.207. The van der Waals surface area contributed by atoms with Gasteiger partial charge in [-0.2, -0.15) is 0 Å². The second-order valence-electron chi connectivity index (χ2n) is 2.90. The summed E-state index contributed by atoms with van der Waals surface area (Å²) in [6.07, 6.45) is 3.86. The number of hydroxylamine groups is 1. The number of rotatable bonds is 5. The molecular weight excluding hydrogens is 144 g/mol. The number of nitrogens with two attached hydrogens (primary N) is 1. The molecule has 1 rings (SSSR count). The summed E-state index contributed by atoms with van der Waals surface area (Å²) in [7, 11) is 0. The van der Waals surface area contributed by atoms with E-state index in [4.69, 9.17) is 10.6 Å². The Bertz CT molecular complexity index is 134. The van der Waals surface area contributed by atoms with Crippen LogP contribution in [0.3, 0.4) is 0 Å². The molecule has 3 N–H and O–H groups in total. The molecule has 0 aromatic heterocycles. The third-order valence-corrected chi connectivity index (χ3v) is 1.91. The van der Waals surface area contributed by atoms with Crippen LogP contribution in [0, 0.1) is 5.92 Å². The van der Waals surface area contributed by atoms with Gasteiger partial charge in [0.1, 0.15) is 6.61 Å². The monoisotopic (exact) mass is 158 g/mol. The molecule has 11 heavy (non-hydrogen) atoms. The van der Waals surface area contributed by atoms with Gasteiger partial charge < -0.3 is 5.73 Å². The Morgan fingerprint density at radius 1 is 1.64 bits per heavy atom. The Balaban J connectivity index is 1.83. The largest absolute Gasteiger partial charge is 0.368 e. The van der Waals surface area contributed by atoms with E-state index in [0.29, 0.717) is 0 Å². The predicted molar refractivity (Wildman–Crippen MR) is 40.5 cm³/mol. The highest BCUT2D eigenvalue weighted by Crippen LogP contribution is 2.24. The van der Waals surface area contributed by atoms with Crippen molar-refractivity contribution in [2.24, 2.45) is 11.7 Å². The molecule has 0 saturated heterocycles. The molecule has 1 aliphatic carbocycles. The summed E-state index contributed by atoms with van der Waals surface area (Å²) in [4.78, 5) is 15.0. The molecule has 1 fully saturated rings. The summed E-state index contributed by atoms with van der Waals surface area (Å²) >= 11 is 0. The fourth-order valence-electron chi connectivity index (χ4n) is 0.996. The molecule has 0 aliphatic heterocycles. The molecule has 4 heteroatoms. The number of nitrogens with one attached hydrogen (secondary N) is 1. The van der Waals surface area contributed by atoms with Gasteiger partial charge in [0.25, 0.3) is 0 Å². The average Bonchev–Trinajstić information content (AvgIpc) is 1.82. The maximum atomic E-state index is 10.2. The van der Waals surface area contributed by atoms with E-state index in [1.54, 1.807) is 0 Å². The third kappa shape index (κ3) is 3.34. The molecule has 0 aromatic rings. The van der Waals surface area contributed by atoms with Crippen molar-refractivity contribution in [3.63, 3.8) is 0 Å². The Hall–Kier alpha value is -0.610. The lowest BCUT2D eigenvalue weighted by Gasteiger charge is -2.24. The number of primary amides is 1. The highest BCUT2D eigenvalue weighted by atomic mass is 16.6. The van der Waals surface area contributed by atoms with Gasteiger partial charge in [-0.05, 0) is 18.8 Å². The van der Waals surface area contributed by atoms with Gasteiger partial charge in [-0.1, -0.05) is 6.42 Å². The van der Waals surface area contributed by atoms with Gasteiger partial charge in [0.05, 0.1) is 0 Å². The topological polar surface area (TPSA) is 64.4 Å². The lowest BCUT2D eigenvalue weighted by Crippen LogP contribution is -2.30. The Morgan fingerprint density at radius 3 is 2.82 bits per heavy atom. The van der Waals surface area contributed by atoms with Crippen molar-refractivity contribution in [3.8, 4) is 0 Å². The number of carbonyl (C=O) groups is 1. The van der Waals surface area contributed by atoms with Crippen molar-refractivity contribution < 1.29 is 9.63 Å². The molecule has 0 spiro atoms. The first kappa shape index (κ1) is 8.49. The molecule has 1 aliphatic rings. The normalized spacial score (nSPS) is 17.8. The summed E-state index contributed by atoms with van der Waals surface area (Å²) in [6.45, 7) is 0.806. The van der Waals surface area contributed by atoms with Crippen LogP contribution >= 0.6 is 0 Å². The summed E-state index contributed by atoms with van der Waals surface area (Å²) < 4.78 is 0. The van der Waals surface area contributed by atoms with E-state index >= 15 is 0 Å². The first-order valence-electron chi connectivity index (χ1n) is 3.92. The van der Waals surface area contributed by atoms with Crippen LogP contribution in [0.2, 0.25) is 0 Å². The maximum Gasteiger partial charge on any atom is 0.245 e. The maximum absolute atomic E-state index is 10.2. The van der Waals surface area contributed by atoms with Crippen molar-refractivity contribution in [3.05, 3.63) is 0 Å². The van der Waals surface area contributed by atoms with Crippen LogP contribution < -0.4 is 11.2 Å². The van der Waals surface area contributed by atoms with Crippen LogP contribution in [0.1, 0.15) is 19.3 Å². The SMILES string of the molecule is NC(=O)CONCC1CCC1. The zero-order valence-electron chi connectivity index (χ0n) is 6.51. The van der Waals surface area contributed by atoms with Gasteiger partial charge in [-0.15, -0.1) is 0 Å². The lowest BCUT2D eigenvalue weighted by atomic mass is 9.86. The van der Waals surface area contributed by atoms with Crippen molar-refractivity contribution in [1.29, 1.82) is 0 Å². The summed E-state index contributed by atoms with van der Waals surface area (Å²) in [5, 5.41) is 0. The molecule has 1 saturated carbocycles. The van der Waals surface area contributed by atoms with Crippen molar-refractivity contribution in [1.82, 2.24) is 5.48 Å². The second kappa shape index (κ2) is 4.31. The quantitative estimate of drug-likeness (QED) is 0.430. The van der Waals surface area contributed by atoms with Crippen LogP contribution in [0.25, 0.3) is 0 Å². The number of carbonyl (C=O) groups excluding carboxylic acids is 1. The van der Waals surface area contributed by atoms with Crippen molar-refractivity contribution in [2.45, 2.75) is 19.3 Å². The van der Waals surface area contributed by atoms with E-state index in [-0.39, 0.29) is 6.61 Å². The van der Waals surface area contributed by atoms with E-state index in [0.717, 1.165) is 12.5 Å². The highest BCUT2D eigenvalue weighted by Gasteiger charge is 2.16. The fraction of sp³-hybridized carbons (Fsp3) is 0.857. The van der Waals surface area contributed by atoms with E-state index in [1.807, 2.05) is 0 Å². The fourth-order valence-corrected chi connectivity index (χ4v) is 0.996. The summed E-state index contributed by atoms with van der Waals surface area (Å²) in [5.74, 6) is 0.300. The molecule has 0 heterocycles.